The molecule has 4 nitrogen and oxygen atoms in total. The van der Waals surface area contributed by atoms with Gasteiger partial charge in [-0.3, -0.25) is 10.1 Å². The third-order valence-corrected chi connectivity index (χ3v) is 2.39. The zero-order valence-electron chi connectivity index (χ0n) is 8.90. The van der Waals surface area contributed by atoms with Gasteiger partial charge in [0.2, 0.25) is 5.75 Å². The lowest BCUT2D eigenvalue weighted by Gasteiger charge is -2.09. The van der Waals surface area contributed by atoms with E-state index >= 15 is 0 Å². The van der Waals surface area contributed by atoms with Crippen LogP contribution in [0.25, 0.3) is 6.08 Å². The van der Waals surface area contributed by atoms with Gasteiger partial charge in [-0.2, -0.15) is 0 Å². The highest BCUT2D eigenvalue weighted by atomic mass is 79.9. The highest BCUT2D eigenvalue weighted by Gasteiger charge is 2.19. The van der Waals surface area contributed by atoms with Crippen LogP contribution in [0.1, 0.15) is 18.9 Å². The molecule has 0 fully saturated rings. The van der Waals surface area contributed by atoms with Crippen LogP contribution in [0.4, 0.5) is 5.69 Å². The van der Waals surface area contributed by atoms with Gasteiger partial charge in [-0.1, -0.05) is 35.5 Å². The summed E-state index contributed by atoms with van der Waals surface area (Å²) in [6.07, 6.45) is 2.34. The predicted octanol–water partition coefficient (Wildman–Crippen LogP) is 3.79. The van der Waals surface area contributed by atoms with Crippen LogP contribution in [-0.2, 0) is 0 Å². The van der Waals surface area contributed by atoms with Gasteiger partial charge in [0, 0.05) is 16.1 Å². The lowest BCUT2D eigenvalue weighted by molar-refractivity contribution is -0.386. The lowest BCUT2D eigenvalue weighted by atomic mass is 10.1. The molecule has 0 aliphatic rings. The summed E-state index contributed by atoms with van der Waals surface area (Å²) in [6.45, 7) is 6.01. The monoisotopic (exact) mass is 285 g/mol. The second kappa shape index (κ2) is 5.65. The minimum absolute atomic E-state index is 0.0438. The summed E-state index contributed by atoms with van der Waals surface area (Å²) in [5.74, 6) is 0.282. The summed E-state index contributed by atoms with van der Waals surface area (Å²) in [6, 6.07) is 3.17. The number of halogens is 1. The van der Waals surface area contributed by atoms with Crippen molar-refractivity contribution >= 4 is 27.7 Å². The van der Waals surface area contributed by atoms with Crippen LogP contribution in [0.3, 0.4) is 0 Å². The van der Waals surface area contributed by atoms with E-state index in [1.807, 2.05) is 6.92 Å². The molecular weight excluding hydrogens is 274 g/mol. The van der Waals surface area contributed by atoms with Crippen LogP contribution in [0, 0.1) is 10.1 Å². The number of nitrogens with zero attached hydrogens (tertiary/aromatic N) is 1. The van der Waals surface area contributed by atoms with Crippen molar-refractivity contribution in [2.75, 3.05) is 6.61 Å². The average Bonchev–Trinajstić information content (AvgIpc) is 2.26. The normalized spacial score (nSPS) is 9.88. The Morgan fingerprint density at radius 3 is 2.81 bits per heavy atom. The van der Waals surface area contributed by atoms with E-state index in [2.05, 4.69) is 22.5 Å². The maximum atomic E-state index is 10.9. The van der Waals surface area contributed by atoms with Crippen molar-refractivity contribution in [3.05, 3.63) is 38.9 Å². The summed E-state index contributed by atoms with van der Waals surface area (Å²) in [5.41, 5.74) is 0.576. The topological polar surface area (TPSA) is 52.4 Å². The number of hydrogen-bond donors (Lipinski definition) is 0. The van der Waals surface area contributed by atoms with E-state index in [0.717, 1.165) is 6.42 Å². The standard InChI is InChI=1S/C11H12BrNO3/c1-3-5-16-11-8(4-2)6-9(12)7-10(11)13(14)15/h4,6-7H,2-3,5H2,1H3. The van der Waals surface area contributed by atoms with Crippen LogP contribution >= 0.6 is 15.9 Å². The van der Waals surface area contributed by atoms with Crippen molar-refractivity contribution in [1.82, 2.24) is 0 Å². The fourth-order valence-corrected chi connectivity index (χ4v) is 1.71. The molecule has 0 unspecified atom stereocenters. The van der Waals surface area contributed by atoms with Gasteiger partial charge in [0.1, 0.15) is 0 Å². The minimum atomic E-state index is -0.456. The van der Waals surface area contributed by atoms with E-state index < -0.39 is 4.92 Å². The summed E-state index contributed by atoms with van der Waals surface area (Å²) >= 11 is 3.22. The number of benzene rings is 1. The van der Waals surface area contributed by atoms with Gasteiger partial charge in [0.25, 0.3) is 0 Å². The second-order valence-corrected chi connectivity index (χ2v) is 4.07. The maximum Gasteiger partial charge on any atom is 0.312 e. The Hall–Kier alpha value is -1.36. The fourth-order valence-electron chi connectivity index (χ4n) is 1.25. The Morgan fingerprint density at radius 2 is 2.31 bits per heavy atom. The molecule has 0 atom stereocenters. The van der Waals surface area contributed by atoms with Crippen molar-refractivity contribution in [2.24, 2.45) is 0 Å². The summed E-state index contributed by atoms with van der Waals surface area (Å²) < 4.78 is 6.03. The van der Waals surface area contributed by atoms with E-state index in [1.54, 1.807) is 12.1 Å². The summed E-state index contributed by atoms with van der Waals surface area (Å²) in [5, 5.41) is 10.9. The third kappa shape index (κ3) is 2.82. The average molecular weight is 286 g/mol. The van der Waals surface area contributed by atoms with Gasteiger partial charge in [0.15, 0.2) is 0 Å². The highest BCUT2D eigenvalue weighted by molar-refractivity contribution is 9.10. The Bertz CT molecular complexity index is 418. The van der Waals surface area contributed by atoms with Gasteiger partial charge < -0.3 is 4.74 Å². The molecule has 0 heterocycles. The number of nitro groups is 1. The molecule has 0 aliphatic carbocycles. The molecule has 0 aromatic heterocycles. The van der Waals surface area contributed by atoms with Crippen molar-refractivity contribution in [1.29, 1.82) is 0 Å². The van der Waals surface area contributed by atoms with E-state index in [1.165, 1.54) is 6.07 Å². The van der Waals surface area contributed by atoms with E-state index in [0.29, 0.717) is 16.6 Å². The molecule has 0 spiro atoms. The first-order valence-electron chi connectivity index (χ1n) is 4.83. The molecule has 0 radical (unpaired) electrons. The zero-order chi connectivity index (χ0) is 12.1. The van der Waals surface area contributed by atoms with Gasteiger partial charge >= 0.3 is 5.69 Å². The van der Waals surface area contributed by atoms with Gasteiger partial charge in [-0.15, -0.1) is 0 Å². The van der Waals surface area contributed by atoms with E-state index in [-0.39, 0.29) is 11.4 Å². The maximum absolute atomic E-state index is 10.9. The van der Waals surface area contributed by atoms with Crippen LogP contribution < -0.4 is 4.74 Å². The van der Waals surface area contributed by atoms with Crippen molar-refractivity contribution in [3.63, 3.8) is 0 Å². The number of rotatable bonds is 5. The Balaban J connectivity index is 3.27. The molecule has 1 rings (SSSR count). The van der Waals surface area contributed by atoms with Gasteiger partial charge in [-0.05, 0) is 12.5 Å². The van der Waals surface area contributed by atoms with Crippen molar-refractivity contribution in [3.8, 4) is 5.75 Å². The summed E-state index contributed by atoms with van der Waals surface area (Å²) in [4.78, 5) is 10.4. The first kappa shape index (κ1) is 12.7. The predicted molar refractivity (Wildman–Crippen MR) is 66.7 cm³/mol. The van der Waals surface area contributed by atoms with Gasteiger partial charge in [-0.25, -0.2) is 0 Å². The smallest absolute Gasteiger partial charge is 0.312 e. The highest BCUT2D eigenvalue weighted by Crippen LogP contribution is 2.35. The molecule has 5 heteroatoms. The first-order valence-corrected chi connectivity index (χ1v) is 5.62. The molecule has 0 amide bonds. The van der Waals surface area contributed by atoms with Crippen molar-refractivity contribution in [2.45, 2.75) is 13.3 Å². The number of nitro benzene ring substituents is 1. The second-order valence-electron chi connectivity index (χ2n) is 3.15. The van der Waals surface area contributed by atoms with E-state index in [9.17, 15) is 10.1 Å². The molecule has 0 aliphatic heterocycles. The Labute approximate surface area is 102 Å². The number of hydrogen-bond acceptors (Lipinski definition) is 3. The SMILES string of the molecule is C=Cc1cc(Br)cc([N+](=O)[O-])c1OCCC. The minimum Gasteiger partial charge on any atom is -0.486 e. The van der Waals surface area contributed by atoms with Gasteiger partial charge in [0.05, 0.1) is 11.5 Å². The quantitative estimate of drug-likeness (QED) is 0.611. The molecular formula is C11H12BrNO3. The van der Waals surface area contributed by atoms with Crippen LogP contribution in [0.15, 0.2) is 23.2 Å². The molecule has 1 aromatic carbocycles. The molecule has 0 saturated carbocycles. The first-order chi connectivity index (χ1) is 7.60. The zero-order valence-corrected chi connectivity index (χ0v) is 10.5. The lowest BCUT2D eigenvalue weighted by Crippen LogP contribution is -2.01. The molecule has 16 heavy (non-hydrogen) atoms. The van der Waals surface area contributed by atoms with Crippen LogP contribution in [0.5, 0.6) is 5.75 Å². The van der Waals surface area contributed by atoms with Crippen LogP contribution in [0.2, 0.25) is 0 Å². The largest absolute Gasteiger partial charge is 0.486 e. The van der Waals surface area contributed by atoms with Crippen LogP contribution in [-0.4, -0.2) is 11.5 Å². The molecule has 0 N–H and O–H groups in total. The molecule has 0 bridgehead atoms. The van der Waals surface area contributed by atoms with E-state index in [4.69, 9.17) is 4.74 Å². The summed E-state index contributed by atoms with van der Waals surface area (Å²) in [7, 11) is 0. The molecule has 86 valence electrons. The number of ether oxygens (including phenoxy) is 1. The Morgan fingerprint density at radius 1 is 1.62 bits per heavy atom. The third-order valence-electron chi connectivity index (χ3n) is 1.93. The van der Waals surface area contributed by atoms with Crippen molar-refractivity contribution < 1.29 is 9.66 Å². The molecule has 1 aromatic rings. The fraction of sp³-hybridized carbons (Fsp3) is 0.273. The Kier molecular flexibility index (Phi) is 4.49. The molecule has 0 saturated heterocycles.